The number of rotatable bonds is 2. The zero-order valence-corrected chi connectivity index (χ0v) is 8.47. The van der Waals surface area contributed by atoms with Gasteiger partial charge in [0.25, 0.3) is 0 Å². The summed E-state index contributed by atoms with van der Waals surface area (Å²) in [7, 11) is 0. The third kappa shape index (κ3) is 3.93. The Morgan fingerprint density at radius 1 is 1.69 bits per heavy atom. The summed E-state index contributed by atoms with van der Waals surface area (Å²) in [5.41, 5.74) is 0. The summed E-state index contributed by atoms with van der Waals surface area (Å²) in [4.78, 5) is 11.1. The third-order valence-electron chi connectivity index (χ3n) is 1.95. The summed E-state index contributed by atoms with van der Waals surface area (Å²) >= 11 is 0. The van der Waals surface area contributed by atoms with Gasteiger partial charge < -0.3 is 15.2 Å². The smallest absolute Gasteiger partial charge is 0.323 e. The Bertz CT molecular complexity index is 165. The number of piperidine rings is 1. The predicted molar refractivity (Wildman–Crippen MR) is 50.9 cm³/mol. The number of aliphatic hydroxyl groups excluding tert-OH is 1. The molecule has 1 saturated heterocycles. The lowest BCUT2D eigenvalue weighted by molar-refractivity contribution is -0.147. The summed E-state index contributed by atoms with van der Waals surface area (Å²) < 4.78 is 4.82. The van der Waals surface area contributed by atoms with Crippen LogP contribution in [0.4, 0.5) is 0 Å². The van der Waals surface area contributed by atoms with E-state index in [-0.39, 0.29) is 30.5 Å². The highest BCUT2D eigenvalue weighted by molar-refractivity contribution is 5.85. The molecule has 0 saturated carbocycles. The van der Waals surface area contributed by atoms with E-state index in [0.717, 1.165) is 6.42 Å². The Kier molecular flexibility index (Phi) is 6.03. The molecule has 0 aliphatic carbocycles. The Morgan fingerprint density at radius 3 is 2.92 bits per heavy atom. The highest BCUT2D eigenvalue weighted by atomic mass is 35.5. The van der Waals surface area contributed by atoms with Crippen molar-refractivity contribution in [3.8, 4) is 0 Å². The van der Waals surface area contributed by atoms with Crippen LogP contribution >= 0.6 is 12.4 Å². The Labute approximate surface area is 84.1 Å². The molecule has 0 radical (unpaired) electrons. The number of hydrogen-bond donors (Lipinski definition) is 2. The molecule has 78 valence electrons. The van der Waals surface area contributed by atoms with Crippen molar-refractivity contribution < 1.29 is 14.6 Å². The molecule has 2 N–H and O–H groups in total. The van der Waals surface area contributed by atoms with E-state index in [4.69, 9.17) is 4.74 Å². The highest BCUT2D eigenvalue weighted by Crippen LogP contribution is 2.09. The van der Waals surface area contributed by atoms with E-state index in [1.54, 1.807) is 6.92 Å². The molecule has 4 nitrogen and oxygen atoms in total. The average molecular weight is 210 g/mol. The van der Waals surface area contributed by atoms with E-state index in [0.29, 0.717) is 19.6 Å². The minimum absolute atomic E-state index is 0. The van der Waals surface area contributed by atoms with Gasteiger partial charge in [-0.3, -0.25) is 4.79 Å². The molecule has 1 aliphatic rings. The van der Waals surface area contributed by atoms with Crippen molar-refractivity contribution >= 4 is 18.4 Å². The fourth-order valence-electron chi connectivity index (χ4n) is 1.32. The van der Waals surface area contributed by atoms with Gasteiger partial charge >= 0.3 is 5.97 Å². The maximum atomic E-state index is 11.1. The van der Waals surface area contributed by atoms with Gasteiger partial charge in [0.1, 0.15) is 6.04 Å². The van der Waals surface area contributed by atoms with Crippen LogP contribution in [0.3, 0.4) is 0 Å². The van der Waals surface area contributed by atoms with E-state index in [2.05, 4.69) is 5.32 Å². The van der Waals surface area contributed by atoms with Crippen LogP contribution in [0, 0.1) is 0 Å². The highest BCUT2D eigenvalue weighted by Gasteiger charge is 2.26. The lowest BCUT2D eigenvalue weighted by Gasteiger charge is -2.25. The number of esters is 1. The van der Waals surface area contributed by atoms with Crippen molar-refractivity contribution in [1.82, 2.24) is 5.32 Å². The third-order valence-corrected chi connectivity index (χ3v) is 1.95. The van der Waals surface area contributed by atoms with Crippen LogP contribution in [-0.4, -0.2) is 36.4 Å². The first kappa shape index (κ1) is 12.7. The fraction of sp³-hybridized carbons (Fsp3) is 0.875. The van der Waals surface area contributed by atoms with Gasteiger partial charge in [0.05, 0.1) is 12.7 Å². The molecule has 0 bridgehead atoms. The summed E-state index contributed by atoms with van der Waals surface area (Å²) in [6.07, 6.45) is 0.829. The minimum atomic E-state index is -0.361. The molecule has 13 heavy (non-hydrogen) atoms. The van der Waals surface area contributed by atoms with Crippen LogP contribution < -0.4 is 5.32 Å². The van der Waals surface area contributed by atoms with Crippen molar-refractivity contribution in [3.05, 3.63) is 0 Å². The van der Waals surface area contributed by atoms with Crippen molar-refractivity contribution in [2.24, 2.45) is 0 Å². The number of hydrogen-bond acceptors (Lipinski definition) is 4. The second-order valence-electron chi connectivity index (χ2n) is 2.94. The first-order valence-electron chi connectivity index (χ1n) is 4.32. The largest absolute Gasteiger partial charge is 0.465 e. The number of carbonyl (C=O) groups excluding carboxylic acids is 1. The van der Waals surface area contributed by atoms with E-state index >= 15 is 0 Å². The van der Waals surface area contributed by atoms with E-state index in [1.165, 1.54) is 0 Å². The Morgan fingerprint density at radius 2 is 2.38 bits per heavy atom. The molecule has 0 aromatic carbocycles. The van der Waals surface area contributed by atoms with E-state index < -0.39 is 0 Å². The fourth-order valence-corrected chi connectivity index (χ4v) is 1.32. The monoisotopic (exact) mass is 209 g/mol. The van der Waals surface area contributed by atoms with Gasteiger partial charge in [-0.1, -0.05) is 0 Å². The van der Waals surface area contributed by atoms with Gasteiger partial charge in [0.15, 0.2) is 0 Å². The average Bonchev–Trinajstić information content (AvgIpc) is 2.05. The summed E-state index contributed by atoms with van der Waals surface area (Å²) in [5.74, 6) is -0.253. The zero-order valence-electron chi connectivity index (χ0n) is 7.66. The SMILES string of the molecule is CCOC(=O)C1CC(O)CCN1.Cl. The molecular weight excluding hydrogens is 194 g/mol. The molecule has 1 fully saturated rings. The zero-order chi connectivity index (χ0) is 8.97. The second kappa shape index (κ2) is 6.18. The standard InChI is InChI=1S/C8H15NO3.ClH/c1-2-12-8(11)7-5-6(10)3-4-9-7;/h6-7,9-10H,2-5H2,1H3;1H. The van der Waals surface area contributed by atoms with Crippen LogP contribution in [0.15, 0.2) is 0 Å². The van der Waals surface area contributed by atoms with Gasteiger partial charge in [-0.05, 0) is 26.3 Å². The lowest BCUT2D eigenvalue weighted by Crippen LogP contribution is -2.46. The number of aliphatic hydroxyl groups is 1. The number of ether oxygens (including phenoxy) is 1. The first-order chi connectivity index (χ1) is 5.74. The number of carbonyl (C=O) groups is 1. The summed E-state index contributed by atoms with van der Waals surface area (Å²) in [6, 6.07) is -0.311. The van der Waals surface area contributed by atoms with Crippen LogP contribution in [-0.2, 0) is 9.53 Å². The Hall–Kier alpha value is -0.320. The molecule has 0 aromatic heterocycles. The molecule has 5 heteroatoms. The van der Waals surface area contributed by atoms with Crippen molar-refractivity contribution in [3.63, 3.8) is 0 Å². The molecule has 1 rings (SSSR count). The minimum Gasteiger partial charge on any atom is -0.465 e. The van der Waals surface area contributed by atoms with Crippen LogP contribution in [0.25, 0.3) is 0 Å². The van der Waals surface area contributed by atoms with E-state index in [1.807, 2.05) is 0 Å². The van der Waals surface area contributed by atoms with Gasteiger partial charge in [0, 0.05) is 0 Å². The van der Waals surface area contributed by atoms with Crippen LogP contribution in [0.2, 0.25) is 0 Å². The number of nitrogens with one attached hydrogen (secondary N) is 1. The van der Waals surface area contributed by atoms with Crippen molar-refractivity contribution in [2.45, 2.75) is 31.9 Å². The molecule has 0 amide bonds. The molecule has 1 aliphatic heterocycles. The van der Waals surface area contributed by atoms with Crippen molar-refractivity contribution in [1.29, 1.82) is 0 Å². The Balaban J connectivity index is 0.00000144. The molecule has 2 unspecified atom stereocenters. The van der Waals surface area contributed by atoms with Gasteiger partial charge in [-0.25, -0.2) is 0 Å². The van der Waals surface area contributed by atoms with Crippen molar-refractivity contribution in [2.75, 3.05) is 13.2 Å². The van der Waals surface area contributed by atoms with Crippen LogP contribution in [0.1, 0.15) is 19.8 Å². The molecule has 1 heterocycles. The maximum Gasteiger partial charge on any atom is 0.323 e. The van der Waals surface area contributed by atoms with Gasteiger partial charge in [-0.2, -0.15) is 0 Å². The number of halogens is 1. The summed E-state index contributed by atoms with van der Waals surface area (Å²) in [5, 5.41) is 12.2. The van der Waals surface area contributed by atoms with E-state index in [9.17, 15) is 9.90 Å². The molecule has 2 atom stereocenters. The lowest BCUT2D eigenvalue weighted by atomic mass is 10.0. The van der Waals surface area contributed by atoms with Crippen LogP contribution in [0.5, 0.6) is 0 Å². The quantitative estimate of drug-likeness (QED) is 0.633. The summed E-state index contributed by atoms with van der Waals surface area (Å²) in [6.45, 7) is 2.86. The predicted octanol–water partition coefficient (Wildman–Crippen LogP) is 0.0842. The second-order valence-corrected chi connectivity index (χ2v) is 2.94. The normalized spacial score (nSPS) is 27.5. The maximum absolute atomic E-state index is 11.1. The first-order valence-corrected chi connectivity index (χ1v) is 4.32. The molecule has 0 aromatic rings. The molecular formula is C8H16ClNO3. The molecule has 0 spiro atoms. The van der Waals surface area contributed by atoms with Gasteiger partial charge in [0.2, 0.25) is 0 Å². The van der Waals surface area contributed by atoms with Gasteiger partial charge in [-0.15, -0.1) is 12.4 Å². The topological polar surface area (TPSA) is 58.6 Å².